The van der Waals surface area contributed by atoms with Crippen molar-refractivity contribution in [2.45, 2.75) is 39.5 Å². The van der Waals surface area contributed by atoms with Crippen molar-refractivity contribution >= 4 is 18.5 Å². The van der Waals surface area contributed by atoms with Gasteiger partial charge < -0.3 is 5.32 Å². The van der Waals surface area contributed by atoms with Crippen molar-refractivity contribution < 1.29 is 4.79 Å². The van der Waals surface area contributed by atoms with E-state index in [0.717, 1.165) is 36.2 Å². The fraction of sp³-hybridized carbons (Fsp3) is 0.500. The smallest absolute Gasteiger partial charge is 0.221 e. The van der Waals surface area contributed by atoms with Crippen molar-refractivity contribution in [1.82, 2.24) is 5.32 Å². The Kier molecular flexibility index (Phi) is 4.63. The summed E-state index contributed by atoms with van der Waals surface area (Å²) < 4.78 is 0. The largest absolute Gasteiger partial charge is 0.329 e. The molecule has 0 spiro atoms. The number of amides is 1. The highest BCUT2D eigenvalue weighted by Gasteiger charge is 2.16. The molecule has 0 aromatic rings. The van der Waals surface area contributed by atoms with Gasteiger partial charge in [-0.1, -0.05) is 0 Å². The molecule has 0 aliphatic heterocycles. The summed E-state index contributed by atoms with van der Waals surface area (Å²) in [4.78, 5) is 11.9. The molecule has 0 heterocycles. The van der Waals surface area contributed by atoms with Gasteiger partial charge in [0.2, 0.25) is 5.91 Å². The molecule has 4 heteroatoms. The average Bonchev–Trinajstić information content (AvgIpc) is 2.20. The minimum absolute atomic E-state index is 0.151. The Morgan fingerprint density at radius 3 is 2.50 bits per heavy atom. The molecule has 0 unspecified atom stereocenters. The maximum absolute atomic E-state index is 10.9. The van der Waals surface area contributed by atoms with E-state index in [1.54, 1.807) is 6.92 Å². The van der Waals surface area contributed by atoms with Gasteiger partial charge in [0, 0.05) is 12.6 Å². The molecule has 1 aliphatic carbocycles. The van der Waals surface area contributed by atoms with Gasteiger partial charge in [0.15, 0.2) is 0 Å². The minimum Gasteiger partial charge on any atom is -0.329 e. The van der Waals surface area contributed by atoms with Crippen LogP contribution in [0.25, 0.3) is 0 Å². The summed E-state index contributed by atoms with van der Waals surface area (Å²) in [5.41, 5.74) is 2.18. The van der Waals surface area contributed by atoms with Gasteiger partial charge in [-0.05, 0) is 43.1 Å². The van der Waals surface area contributed by atoms with Crippen molar-refractivity contribution in [3.8, 4) is 6.07 Å². The van der Waals surface area contributed by atoms with Crippen LogP contribution >= 0.6 is 12.6 Å². The van der Waals surface area contributed by atoms with Crippen LogP contribution in [0.4, 0.5) is 0 Å². The molecule has 0 aromatic heterocycles. The Bertz CT molecular complexity index is 402. The third kappa shape index (κ3) is 3.14. The SMILES string of the molecule is CC(=O)N/C(C)=C(\C#N)C1=C(S)CCCC1. The minimum atomic E-state index is -0.151. The molecule has 0 fully saturated rings. The van der Waals surface area contributed by atoms with Crippen molar-refractivity contribution in [2.75, 3.05) is 0 Å². The summed E-state index contributed by atoms with van der Waals surface area (Å²) in [5, 5.41) is 11.8. The molecule has 0 atom stereocenters. The highest BCUT2D eigenvalue weighted by Crippen LogP contribution is 2.32. The normalized spacial score (nSPS) is 17.6. The summed E-state index contributed by atoms with van der Waals surface area (Å²) >= 11 is 4.42. The van der Waals surface area contributed by atoms with Gasteiger partial charge in [0.25, 0.3) is 0 Å². The van der Waals surface area contributed by atoms with Gasteiger partial charge in [-0.3, -0.25) is 4.79 Å². The average molecular weight is 236 g/mol. The monoisotopic (exact) mass is 236 g/mol. The number of nitriles is 1. The second-order valence-electron chi connectivity index (χ2n) is 3.93. The lowest BCUT2D eigenvalue weighted by molar-refractivity contribution is -0.118. The molecule has 0 saturated carbocycles. The maximum atomic E-state index is 10.9. The highest BCUT2D eigenvalue weighted by atomic mass is 32.1. The van der Waals surface area contributed by atoms with Crippen LogP contribution in [0.2, 0.25) is 0 Å². The fourth-order valence-corrected chi connectivity index (χ4v) is 2.24. The summed E-state index contributed by atoms with van der Waals surface area (Å²) in [5.74, 6) is -0.151. The zero-order chi connectivity index (χ0) is 12.1. The summed E-state index contributed by atoms with van der Waals surface area (Å²) in [7, 11) is 0. The first-order valence-corrected chi connectivity index (χ1v) is 5.81. The molecule has 1 aliphatic rings. The van der Waals surface area contributed by atoms with Crippen LogP contribution in [0, 0.1) is 11.3 Å². The molecular formula is C12H16N2OS. The maximum Gasteiger partial charge on any atom is 0.221 e. The number of nitrogens with one attached hydrogen (secondary N) is 1. The van der Waals surface area contributed by atoms with Crippen LogP contribution in [-0.2, 0) is 4.79 Å². The molecule has 0 saturated heterocycles. The standard InChI is InChI=1S/C12H16N2OS/c1-8(14-9(2)15)11(7-13)10-5-3-4-6-12(10)16/h16H,3-6H2,1-2H3,(H,14,15)/b11-8+. The molecule has 3 nitrogen and oxygen atoms in total. The Morgan fingerprint density at radius 2 is 2.00 bits per heavy atom. The van der Waals surface area contributed by atoms with Gasteiger partial charge in [0.1, 0.15) is 6.07 Å². The second kappa shape index (κ2) is 5.76. The number of nitrogens with zero attached hydrogens (tertiary/aromatic N) is 1. The van der Waals surface area contributed by atoms with Crippen LogP contribution < -0.4 is 5.32 Å². The van der Waals surface area contributed by atoms with Crippen molar-refractivity contribution in [3.63, 3.8) is 0 Å². The molecule has 1 amide bonds. The van der Waals surface area contributed by atoms with Crippen LogP contribution in [0.1, 0.15) is 39.5 Å². The number of carbonyl (C=O) groups is 1. The highest BCUT2D eigenvalue weighted by molar-refractivity contribution is 7.84. The van der Waals surface area contributed by atoms with E-state index in [9.17, 15) is 4.79 Å². The first kappa shape index (κ1) is 12.9. The van der Waals surface area contributed by atoms with E-state index < -0.39 is 0 Å². The van der Waals surface area contributed by atoms with Gasteiger partial charge in [-0.2, -0.15) is 5.26 Å². The molecule has 1 rings (SSSR count). The molecular weight excluding hydrogens is 220 g/mol. The fourth-order valence-electron chi connectivity index (χ4n) is 1.86. The molecule has 16 heavy (non-hydrogen) atoms. The second-order valence-corrected chi connectivity index (χ2v) is 4.47. The van der Waals surface area contributed by atoms with Gasteiger partial charge in [0.05, 0.1) is 5.57 Å². The quantitative estimate of drug-likeness (QED) is 0.572. The van der Waals surface area contributed by atoms with Crippen molar-refractivity contribution in [1.29, 1.82) is 5.26 Å². The Balaban J connectivity index is 3.07. The molecule has 0 aromatic carbocycles. The number of hydrogen-bond donors (Lipinski definition) is 2. The number of hydrogen-bond acceptors (Lipinski definition) is 3. The van der Waals surface area contributed by atoms with E-state index in [4.69, 9.17) is 5.26 Å². The van der Waals surface area contributed by atoms with E-state index in [0.29, 0.717) is 11.3 Å². The summed E-state index contributed by atoms with van der Waals surface area (Å²) in [6.45, 7) is 3.19. The molecule has 86 valence electrons. The third-order valence-corrected chi connectivity index (χ3v) is 3.08. The molecule has 0 radical (unpaired) electrons. The van der Waals surface area contributed by atoms with Gasteiger partial charge in [-0.15, -0.1) is 12.6 Å². The predicted octanol–water partition coefficient (Wildman–Crippen LogP) is 2.68. The third-order valence-electron chi connectivity index (χ3n) is 2.59. The van der Waals surface area contributed by atoms with Crippen LogP contribution in [-0.4, -0.2) is 5.91 Å². The molecule has 1 N–H and O–H groups in total. The summed E-state index contributed by atoms with van der Waals surface area (Å²) in [6, 6.07) is 2.17. The Morgan fingerprint density at radius 1 is 1.38 bits per heavy atom. The first-order valence-electron chi connectivity index (χ1n) is 5.36. The lowest BCUT2D eigenvalue weighted by Crippen LogP contribution is -2.19. The van der Waals surface area contributed by atoms with Crippen molar-refractivity contribution in [3.05, 3.63) is 21.7 Å². The van der Waals surface area contributed by atoms with E-state index in [1.165, 1.54) is 6.92 Å². The van der Waals surface area contributed by atoms with Crippen LogP contribution in [0.15, 0.2) is 21.7 Å². The Hall–Kier alpha value is -1.21. The van der Waals surface area contributed by atoms with Crippen LogP contribution in [0.3, 0.4) is 0 Å². The number of thiol groups is 1. The summed E-state index contributed by atoms with van der Waals surface area (Å²) in [6.07, 6.45) is 4.01. The number of rotatable bonds is 2. The van der Waals surface area contributed by atoms with E-state index >= 15 is 0 Å². The number of carbonyl (C=O) groups excluding carboxylic acids is 1. The predicted molar refractivity (Wildman–Crippen MR) is 66.6 cm³/mol. The van der Waals surface area contributed by atoms with E-state index in [1.807, 2.05) is 0 Å². The number of allylic oxidation sites excluding steroid dienone is 4. The van der Waals surface area contributed by atoms with Gasteiger partial charge >= 0.3 is 0 Å². The topological polar surface area (TPSA) is 52.9 Å². The first-order chi connectivity index (χ1) is 7.56. The lowest BCUT2D eigenvalue weighted by Gasteiger charge is -2.17. The molecule has 0 bridgehead atoms. The zero-order valence-electron chi connectivity index (χ0n) is 9.63. The lowest BCUT2D eigenvalue weighted by atomic mass is 9.93. The van der Waals surface area contributed by atoms with E-state index in [-0.39, 0.29) is 5.91 Å². The zero-order valence-corrected chi connectivity index (χ0v) is 10.5. The van der Waals surface area contributed by atoms with Gasteiger partial charge in [-0.25, -0.2) is 0 Å². The van der Waals surface area contributed by atoms with E-state index in [2.05, 4.69) is 24.0 Å². The Labute approximate surface area is 102 Å². The van der Waals surface area contributed by atoms with Crippen LogP contribution in [0.5, 0.6) is 0 Å². The van der Waals surface area contributed by atoms with Crippen molar-refractivity contribution in [2.24, 2.45) is 0 Å².